The van der Waals surface area contributed by atoms with Gasteiger partial charge in [-0.05, 0) is 25.0 Å². The number of halogens is 3. The van der Waals surface area contributed by atoms with Gasteiger partial charge in [-0.1, -0.05) is 0 Å². The molecule has 1 aliphatic rings. The third-order valence-electron chi connectivity index (χ3n) is 3.23. The first-order valence-electron chi connectivity index (χ1n) is 5.90. The van der Waals surface area contributed by atoms with Crippen LogP contribution in [0.1, 0.15) is 18.5 Å². The minimum Gasteiger partial charge on any atom is -0.396 e. The van der Waals surface area contributed by atoms with E-state index in [0.29, 0.717) is 18.8 Å². The predicted molar refractivity (Wildman–Crippen MR) is 64.4 cm³/mol. The molecule has 1 aromatic heterocycles. The van der Waals surface area contributed by atoms with Gasteiger partial charge in [0.25, 0.3) is 0 Å². The maximum absolute atomic E-state index is 12.7. The summed E-state index contributed by atoms with van der Waals surface area (Å²) in [7, 11) is 0. The molecule has 2 rings (SSSR count). The van der Waals surface area contributed by atoms with Gasteiger partial charge >= 0.3 is 6.18 Å². The highest BCUT2D eigenvalue weighted by molar-refractivity contribution is 5.55. The van der Waals surface area contributed by atoms with Gasteiger partial charge in [0, 0.05) is 13.1 Å². The lowest BCUT2D eigenvalue weighted by atomic mass is 9.97. The third-order valence-corrected chi connectivity index (χ3v) is 3.23. The van der Waals surface area contributed by atoms with Crippen molar-refractivity contribution in [3.63, 3.8) is 0 Å². The van der Waals surface area contributed by atoms with Crippen LogP contribution in [-0.2, 0) is 0 Å². The molecule has 1 aliphatic heterocycles. The van der Waals surface area contributed by atoms with Crippen molar-refractivity contribution in [3.05, 3.63) is 17.8 Å². The first-order valence-corrected chi connectivity index (χ1v) is 5.90. The van der Waals surface area contributed by atoms with Crippen LogP contribution < -0.4 is 10.6 Å². The molecule has 4 nitrogen and oxygen atoms in total. The van der Waals surface area contributed by atoms with Crippen LogP contribution in [0.15, 0.2) is 12.1 Å². The number of hydrogen-bond donors (Lipinski definition) is 1. The molecule has 0 aliphatic carbocycles. The van der Waals surface area contributed by atoms with Crippen molar-refractivity contribution in [3.8, 4) is 6.07 Å². The Kier molecular flexibility index (Phi) is 3.51. The molecule has 0 bridgehead atoms. The first kappa shape index (κ1) is 13.5. The number of nitriles is 1. The fraction of sp³-hybridized carbons (Fsp3) is 0.500. The van der Waals surface area contributed by atoms with Gasteiger partial charge in [-0.25, -0.2) is 4.98 Å². The standard InChI is InChI=1S/C12H13F3N4/c13-12(14,15)8-2-1-5-19(7-8)11-4-3-9(17)10(6-16)18-11/h3-4,8H,1-2,5,7,17H2. The lowest BCUT2D eigenvalue weighted by Gasteiger charge is -2.34. The van der Waals surface area contributed by atoms with E-state index in [-0.39, 0.29) is 24.3 Å². The first-order chi connectivity index (χ1) is 8.91. The van der Waals surface area contributed by atoms with E-state index in [9.17, 15) is 13.2 Å². The molecule has 2 N–H and O–H groups in total. The second-order valence-corrected chi connectivity index (χ2v) is 4.55. The number of nitrogens with zero attached hydrogens (tertiary/aromatic N) is 3. The summed E-state index contributed by atoms with van der Waals surface area (Å²) in [4.78, 5) is 5.56. The highest BCUT2D eigenvalue weighted by Gasteiger charge is 2.42. The highest BCUT2D eigenvalue weighted by Crippen LogP contribution is 2.34. The minimum absolute atomic E-state index is 0.0478. The van der Waals surface area contributed by atoms with Crippen LogP contribution >= 0.6 is 0 Å². The second kappa shape index (κ2) is 4.96. The zero-order chi connectivity index (χ0) is 14.0. The molecule has 0 radical (unpaired) electrons. The Morgan fingerprint density at radius 2 is 2.16 bits per heavy atom. The molecule has 0 amide bonds. The van der Waals surface area contributed by atoms with Crippen LogP contribution in [0.2, 0.25) is 0 Å². The van der Waals surface area contributed by atoms with Crippen molar-refractivity contribution in [2.45, 2.75) is 19.0 Å². The molecular weight excluding hydrogens is 257 g/mol. The van der Waals surface area contributed by atoms with Crippen molar-refractivity contribution in [1.82, 2.24) is 4.98 Å². The van der Waals surface area contributed by atoms with Crippen molar-refractivity contribution >= 4 is 11.5 Å². The Bertz CT molecular complexity index is 507. The summed E-state index contributed by atoms with van der Waals surface area (Å²) in [6, 6.07) is 4.88. The van der Waals surface area contributed by atoms with Gasteiger partial charge in [0.15, 0.2) is 5.69 Å². The monoisotopic (exact) mass is 270 g/mol. The number of nitrogen functional groups attached to an aromatic ring is 1. The van der Waals surface area contributed by atoms with Gasteiger partial charge < -0.3 is 10.6 Å². The molecule has 1 fully saturated rings. The number of aromatic nitrogens is 1. The number of alkyl halides is 3. The Morgan fingerprint density at radius 3 is 2.79 bits per heavy atom. The number of nitrogens with two attached hydrogens (primary N) is 1. The normalized spacial score (nSPS) is 20.1. The van der Waals surface area contributed by atoms with Crippen LogP contribution in [-0.4, -0.2) is 24.2 Å². The van der Waals surface area contributed by atoms with Crippen molar-refractivity contribution in [1.29, 1.82) is 5.26 Å². The SMILES string of the molecule is N#Cc1nc(N2CCCC(C(F)(F)F)C2)ccc1N. The number of hydrogen-bond acceptors (Lipinski definition) is 4. The molecule has 1 aromatic rings. The minimum atomic E-state index is -4.19. The van der Waals surface area contributed by atoms with E-state index in [2.05, 4.69) is 4.98 Å². The molecule has 1 saturated heterocycles. The number of pyridine rings is 1. The molecule has 0 spiro atoms. The van der Waals surface area contributed by atoms with E-state index in [1.807, 2.05) is 6.07 Å². The zero-order valence-electron chi connectivity index (χ0n) is 10.1. The Morgan fingerprint density at radius 1 is 1.42 bits per heavy atom. The number of anilines is 2. The smallest absolute Gasteiger partial charge is 0.393 e. The molecule has 0 aromatic carbocycles. The number of piperidine rings is 1. The molecule has 1 unspecified atom stereocenters. The molecule has 19 heavy (non-hydrogen) atoms. The highest BCUT2D eigenvalue weighted by atomic mass is 19.4. The predicted octanol–water partition coefficient (Wildman–Crippen LogP) is 2.31. The summed E-state index contributed by atoms with van der Waals surface area (Å²) < 4.78 is 38.2. The van der Waals surface area contributed by atoms with Crippen LogP contribution in [0.25, 0.3) is 0 Å². The van der Waals surface area contributed by atoms with Gasteiger partial charge in [-0.2, -0.15) is 18.4 Å². The zero-order valence-corrected chi connectivity index (χ0v) is 10.1. The van der Waals surface area contributed by atoms with Crippen LogP contribution in [0.4, 0.5) is 24.7 Å². The van der Waals surface area contributed by atoms with E-state index in [0.717, 1.165) is 0 Å². The Balaban J connectivity index is 2.20. The van der Waals surface area contributed by atoms with Crippen molar-refractivity contribution < 1.29 is 13.2 Å². The lowest BCUT2D eigenvalue weighted by molar-refractivity contribution is -0.176. The Hall–Kier alpha value is -1.97. The van der Waals surface area contributed by atoms with E-state index >= 15 is 0 Å². The summed E-state index contributed by atoms with van der Waals surface area (Å²) >= 11 is 0. The van der Waals surface area contributed by atoms with E-state index < -0.39 is 12.1 Å². The maximum atomic E-state index is 12.7. The summed E-state index contributed by atoms with van der Waals surface area (Å²) in [5, 5.41) is 8.83. The fourth-order valence-corrected chi connectivity index (χ4v) is 2.18. The average Bonchev–Trinajstić information content (AvgIpc) is 2.38. The summed E-state index contributed by atoms with van der Waals surface area (Å²) in [5.41, 5.74) is 5.82. The number of rotatable bonds is 1. The molecule has 1 atom stereocenters. The van der Waals surface area contributed by atoms with Crippen molar-refractivity contribution in [2.75, 3.05) is 23.7 Å². The Labute approximate surface area is 108 Å². The quantitative estimate of drug-likeness (QED) is 0.850. The summed E-state index contributed by atoms with van der Waals surface area (Å²) in [5.74, 6) is -0.967. The summed E-state index contributed by atoms with van der Waals surface area (Å²) in [6.07, 6.45) is -3.59. The largest absolute Gasteiger partial charge is 0.396 e. The van der Waals surface area contributed by atoms with Gasteiger partial charge in [-0.3, -0.25) is 0 Å². The van der Waals surface area contributed by atoms with Crippen molar-refractivity contribution in [2.24, 2.45) is 5.92 Å². The molecule has 102 valence electrons. The average molecular weight is 270 g/mol. The second-order valence-electron chi connectivity index (χ2n) is 4.55. The van der Waals surface area contributed by atoms with Crippen LogP contribution in [0.3, 0.4) is 0 Å². The third kappa shape index (κ3) is 2.89. The molecule has 0 saturated carbocycles. The van der Waals surface area contributed by atoms with Gasteiger partial charge in [0.2, 0.25) is 0 Å². The molecular formula is C12H13F3N4. The molecule has 7 heteroatoms. The molecule has 2 heterocycles. The summed E-state index contributed by atoms with van der Waals surface area (Å²) in [6.45, 7) is 0.389. The fourth-order valence-electron chi connectivity index (χ4n) is 2.18. The van der Waals surface area contributed by atoms with Gasteiger partial charge in [0.1, 0.15) is 11.9 Å². The van der Waals surface area contributed by atoms with Gasteiger partial charge in [-0.15, -0.1) is 0 Å². The van der Waals surface area contributed by atoms with E-state index in [1.54, 1.807) is 11.0 Å². The topological polar surface area (TPSA) is 65.9 Å². The van der Waals surface area contributed by atoms with Gasteiger partial charge in [0.05, 0.1) is 11.6 Å². The van der Waals surface area contributed by atoms with E-state index in [1.165, 1.54) is 6.07 Å². The van der Waals surface area contributed by atoms with E-state index in [4.69, 9.17) is 11.0 Å². The van der Waals surface area contributed by atoms with Crippen LogP contribution in [0, 0.1) is 17.2 Å². The lowest BCUT2D eigenvalue weighted by Crippen LogP contribution is -2.42. The van der Waals surface area contributed by atoms with Crippen LogP contribution in [0.5, 0.6) is 0 Å². The maximum Gasteiger partial charge on any atom is 0.393 e.